The smallest absolute Gasteiger partial charge is 0.224 e. The molecule has 0 bridgehead atoms. The molecule has 0 aromatic carbocycles. The van der Waals surface area contributed by atoms with Crippen LogP contribution in [-0.2, 0) is 9.53 Å². The van der Waals surface area contributed by atoms with E-state index >= 15 is 0 Å². The molecule has 0 aromatic rings. The number of carbonyl (C=O) groups excluding carboxylic acids is 1. The van der Waals surface area contributed by atoms with Crippen LogP contribution < -0.4 is 5.32 Å². The zero-order valence-electron chi connectivity index (χ0n) is 7.09. The van der Waals surface area contributed by atoms with Crippen molar-refractivity contribution in [2.24, 2.45) is 5.92 Å². The van der Waals surface area contributed by atoms with Gasteiger partial charge >= 0.3 is 0 Å². The van der Waals surface area contributed by atoms with Crippen LogP contribution in [0.15, 0.2) is 0 Å². The van der Waals surface area contributed by atoms with Crippen molar-refractivity contribution in [3.8, 4) is 0 Å². The highest BCUT2D eigenvalue weighted by molar-refractivity contribution is 5.77. The highest BCUT2D eigenvalue weighted by Crippen LogP contribution is 2.09. The molecule has 1 rings (SSSR count). The normalized spacial score (nSPS) is 24.1. The summed E-state index contributed by atoms with van der Waals surface area (Å²) in [6.07, 6.45) is 1.99. The molecule has 3 nitrogen and oxygen atoms in total. The fraction of sp³-hybridized carbons (Fsp3) is 0.875. The van der Waals surface area contributed by atoms with Crippen LogP contribution in [0.1, 0.15) is 26.7 Å². The molecule has 1 N–H and O–H groups in total. The minimum Gasteiger partial charge on any atom is -0.359 e. The lowest BCUT2D eigenvalue weighted by molar-refractivity contribution is -0.127. The van der Waals surface area contributed by atoms with E-state index in [0.717, 1.165) is 19.4 Å². The summed E-state index contributed by atoms with van der Waals surface area (Å²) in [6, 6.07) is 0. The Morgan fingerprint density at radius 3 is 2.82 bits per heavy atom. The van der Waals surface area contributed by atoms with E-state index in [9.17, 15) is 4.79 Å². The van der Waals surface area contributed by atoms with Crippen molar-refractivity contribution < 1.29 is 9.53 Å². The van der Waals surface area contributed by atoms with Crippen LogP contribution >= 0.6 is 0 Å². The molecule has 0 saturated carbocycles. The molecule has 1 fully saturated rings. The highest BCUT2D eigenvalue weighted by Gasteiger charge is 2.18. The van der Waals surface area contributed by atoms with Gasteiger partial charge in [0.15, 0.2) is 0 Å². The number of nitrogens with one attached hydrogen (secondary N) is 1. The Morgan fingerprint density at radius 2 is 2.36 bits per heavy atom. The van der Waals surface area contributed by atoms with E-state index in [0.29, 0.717) is 0 Å². The third-order valence-corrected chi connectivity index (χ3v) is 1.76. The first kappa shape index (κ1) is 8.53. The van der Waals surface area contributed by atoms with Gasteiger partial charge in [0.2, 0.25) is 5.91 Å². The summed E-state index contributed by atoms with van der Waals surface area (Å²) in [5.74, 6) is 0.135. The molecular weight excluding hydrogens is 142 g/mol. The lowest BCUT2D eigenvalue weighted by atomic mass is 10.2. The molecule has 0 radical (unpaired) electrons. The Hall–Kier alpha value is -0.570. The summed E-state index contributed by atoms with van der Waals surface area (Å²) in [4.78, 5) is 11.1. The van der Waals surface area contributed by atoms with Crippen molar-refractivity contribution in [1.82, 2.24) is 5.32 Å². The third kappa shape index (κ3) is 2.50. The average molecular weight is 157 g/mol. The quantitative estimate of drug-likeness (QED) is 0.646. The largest absolute Gasteiger partial charge is 0.359 e. The maximum Gasteiger partial charge on any atom is 0.224 e. The zero-order valence-corrected chi connectivity index (χ0v) is 7.09. The Balaban J connectivity index is 2.24. The molecule has 1 aliphatic rings. The Kier molecular flexibility index (Phi) is 2.88. The summed E-state index contributed by atoms with van der Waals surface area (Å²) in [7, 11) is 0. The van der Waals surface area contributed by atoms with Gasteiger partial charge < -0.3 is 10.1 Å². The monoisotopic (exact) mass is 157 g/mol. The molecule has 1 amide bonds. The van der Waals surface area contributed by atoms with Crippen molar-refractivity contribution in [2.45, 2.75) is 32.9 Å². The SMILES string of the molecule is CC(C)C(=O)NC1CCCO1. The Bertz CT molecular complexity index is 139. The van der Waals surface area contributed by atoms with Gasteiger partial charge in [0.1, 0.15) is 6.23 Å². The fourth-order valence-electron chi connectivity index (χ4n) is 1.02. The summed E-state index contributed by atoms with van der Waals surface area (Å²) >= 11 is 0. The molecular formula is C8H15NO2. The zero-order chi connectivity index (χ0) is 8.27. The summed E-state index contributed by atoms with van der Waals surface area (Å²) in [5.41, 5.74) is 0. The molecule has 0 spiro atoms. The topological polar surface area (TPSA) is 38.3 Å². The van der Waals surface area contributed by atoms with Crippen molar-refractivity contribution >= 4 is 5.91 Å². The molecule has 1 atom stereocenters. The van der Waals surface area contributed by atoms with Gasteiger partial charge in [0.05, 0.1) is 0 Å². The van der Waals surface area contributed by atoms with Crippen LogP contribution in [0.4, 0.5) is 0 Å². The average Bonchev–Trinajstić information content (AvgIpc) is 2.39. The number of amides is 1. The molecule has 1 unspecified atom stereocenters. The van der Waals surface area contributed by atoms with E-state index in [1.54, 1.807) is 0 Å². The maximum absolute atomic E-state index is 11.1. The van der Waals surface area contributed by atoms with Gasteiger partial charge in [-0.05, 0) is 12.8 Å². The van der Waals surface area contributed by atoms with Gasteiger partial charge in [0.25, 0.3) is 0 Å². The molecule has 0 aliphatic carbocycles. The standard InChI is InChI=1S/C8H15NO2/c1-6(2)8(10)9-7-4-3-5-11-7/h6-7H,3-5H2,1-2H3,(H,9,10). The van der Waals surface area contributed by atoms with E-state index in [4.69, 9.17) is 4.74 Å². The number of rotatable bonds is 2. The van der Waals surface area contributed by atoms with Crippen LogP contribution in [0, 0.1) is 5.92 Å². The third-order valence-electron chi connectivity index (χ3n) is 1.76. The minimum absolute atomic E-state index is 0.0232. The Morgan fingerprint density at radius 1 is 1.64 bits per heavy atom. The first-order chi connectivity index (χ1) is 5.20. The molecule has 1 aliphatic heterocycles. The molecule has 1 saturated heterocycles. The summed E-state index contributed by atoms with van der Waals surface area (Å²) in [5, 5.41) is 2.82. The van der Waals surface area contributed by atoms with Gasteiger partial charge in [-0.1, -0.05) is 13.8 Å². The van der Waals surface area contributed by atoms with Crippen molar-refractivity contribution in [3.05, 3.63) is 0 Å². The van der Waals surface area contributed by atoms with Crippen molar-refractivity contribution in [2.75, 3.05) is 6.61 Å². The van der Waals surface area contributed by atoms with Crippen LogP contribution in [0.25, 0.3) is 0 Å². The van der Waals surface area contributed by atoms with Crippen LogP contribution in [0.2, 0.25) is 0 Å². The van der Waals surface area contributed by atoms with E-state index in [-0.39, 0.29) is 18.1 Å². The molecule has 1 heterocycles. The predicted molar refractivity (Wildman–Crippen MR) is 42.0 cm³/mol. The van der Waals surface area contributed by atoms with Gasteiger partial charge in [-0.3, -0.25) is 4.79 Å². The number of hydrogen-bond acceptors (Lipinski definition) is 2. The number of carbonyl (C=O) groups is 1. The lowest BCUT2D eigenvalue weighted by Gasteiger charge is -2.13. The van der Waals surface area contributed by atoms with E-state index < -0.39 is 0 Å². The van der Waals surface area contributed by atoms with Gasteiger partial charge in [-0.2, -0.15) is 0 Å². The number of ether oxygens (including phenoxy) is 1. The van der Waals surface area contributed by atoms with E-state index in [1.807, 2.05) is 13.8 Å². The van der Waals surface area contributed by atoms with Gasteiger partial charge in [-0.25, -0.2) is 0 Å². The second kappa shape index (κ2) is 3.72. The highest BCUT2D eigenvalue weighted by atomic mass is 16.5. The predicted octanol–water partition coefficient (Wildman–Crippen LogP) is 0.895. The molecule has 64 valence electrons. The first-order valence-corrected chi connectivity index (χ1v) is 4.12. The second-order valence-electron chi connectivity index (χ2n) is 3.16. The second-order valence-corrected chi connectivity index (χ2v) is 3.16. The van der Waals surface area contributed by atoms with Crippen LogP contribution in [0.3, 0.4) is 0 Å². The van der Waals surface area contributed by atoms with Gasteiger partial charge in [0, 0.05) is 12.5 Å². The summed E-state index contributed by atoms with van der Waals surface area (Å²) in [6.45, 7) is 4.54. The number of hydrogen-bond donors (Lipinski definition) is 1. The maximum atomic E-state index is 11.1. The fourth-order valence-corrected chi connectivity index (χ4v) is 1.02. The first-order valence-electron chi connectivity index (χ1n) is 4.12. The van der Waals surface area contributed by atoms with E-state index in [2.05, 4.69) is 5.32 Å². The lowest BCUT2D eigenvalue weighted by Crippen LogP contribution is -2.36. The van der Waals surface area contributed by atoms with Crippen molar-refractivity contribution in [3.63, 3.8) is 0 Å². The Labute approximate surface area is 67.1 Å². The molecule has 11 heavy (non-hydrogen) atoms. The van der Waals surface area contributed by atoms with Crippen LogP contribution in [0.5, 0.6) is 0 Å². The summed E-state index contributed by atoms with van der Waals surface area (Å²) < 4.78 is 5.24. The molecule has 0 aromatic heterocycles. The molecule has 3 heteroatoms. The van der Waals surface area contributed by atoms with Gasteiger partial charge in [-0.15, -0.1) is 0 Å². The van der Waals surface area contributed by atoms with Crippen molar-refractivity contribution in [1.29, 1.82) is 0 Å². The van der Waals surface area contributed by atoms with E-state index in [1.165, 1.54) is 0 Å². The minimum atomic E-state index is -0.0232. The van der Waals surface area contributed by atoms with Crippen LogP contribution in [-0.4, -0.2) is 18.7 Å².